The first-order chi connectivity index (χ1) is 14.5. The van der Waals surface area contributed by atoms with Crippen LogP contribution in [-0.2, 0) is 0 Å². The fourth-order valence-electron chi connectivity index (χ4n) is 3.44. The number of hydrazine groups is 2. The molecule has 1 atom stereocenters. The Labute approximate surface area is 173 Å². The molecule has 0 spiro atoms. The molecule has 30 heavy (non-hydrogen) atoms. The number of nitrogens with zero attached hydrogens (tertiary/aromatic N) is 4. The summed E-state index contributed by atoms with van der Waals surface area (Å²) in [6.07, 6.45) is 12.7. The van der Waals surface area contributed by atoms with E-state index in [4.69, 9.17) is 16.1 Å². The zero-order valence-corrected chi connectivity index (χ0v) is 16.6. The minimum atomic E-state index is -0.189. The number of amidine groups is 1. The molecule has 5 N–H and O–H groups in total. The van der Waals surface area contributed by atoms with Crippen molar-refractivity contribution in [2.75, 3.05) is 18.1 Å². The lowest BCUT2D eigenvalue weighted by atomic mass is 10.1. The van der Waals surface area contributed by atoms with Crippen LogP contribution in [0.15, 0.2) is 69.9 Å². The molecule has 1 aromatic carbocycles. The number of nitrogens with two attached hydrogens (primary N) is 2. The lowest BCUT2D eigenvalue weighted by Crippen LogP contribution is -2.51. The maximum Gasteiger partial charge on any atom is 0.192 e. The number of nitrogens with one attached hydrogen (secondary N) is 1. The van der Waals surface area contributed by atoms with Crippen LogP contribution in [0, 0.1) is 0 Å². The minimum absolute atomic E-state index is 0.0991. The predicted molar refractivity (Wildman–Crippen MR) is 117 cm³/mol. The van der Waals surface area contributed by atoms with E-state index < -0.39 is 0 Å². The van der Waals surface area contributed by atoms with Gasteiger partial charge in [0.2, 0.25) is 0 Å². The molecular formula is C21H24FN7O. The topological polar surface area (TPSA) is 109 Å². The van der Waals surface area contributed by atoms with Gasteiger partial charge in [-0.25, -0.2) is 15.2 Å². The quantitative estimate of drug-likeness (QED) is 0.515. The van der Waals surface area contributed by atoms with Crippen LogP contribution >= 0.6 is 0 Å². The molecule has 0 radical (unpaired) electrons. The van der Waals surface area contributed by atoms with Crippen molar-refractivity contribution in [3.8, 4) is 0 Å². The number of fused-ring (bicyclic) bond motifs is 1. The summed E-state index contributed by atoms with van der Waals surface area (Å²) in [6, 6.07) is 3.88. The molecule has 2 heterocycles. The number of halogens is 1. The average Bonchev–Trinajstić information content (AvgIpc) is 3.22. The van der Waals surface area contributed by atoms with Gasteiger partial charge in [-0.2, -0.15) is 0 Å². The van der Waals surface area contributed by atoms with Crippen LogP contribution in [0.3, 0.4) is 0 Å². The molecule has 0 amide bonds. The number of benzene rings is 1. The molecule has 9 heteroatoms. The van der Waals surface area contributed by atoms with Crippen LogP contribution in [0.4, 0.5) is 10.1 Å². The van der Waals surface area contributed by atoms with E-state index in [9.17, 15) is 4.39 Å². The van der Waals surface area contributed by atoms with Gasteiger partial charge in [0.15, 0.2) is 5.58 Å². The first kappa shape index (κ1) is 19.9. The maximum atomic E-state index is 13.2. The highest BCUT2D eigenvalue weighted by Crippen LogP contribution is 2.29. The average molecular weight is 409 g/mol. The number of aliphatic imine (C=N–C) groups is 1. The molecule has 2 aliphatic rings. The maximum absolute atomic E-state index is 13.2. The van der Waals surface area contributed by atoms with Gasteiger partial charge in [0.25, 0.3) is 0 Å². The summed E-state index contributed by atoms with van der Waals surface area (Å²) >= 11 is 0. The van der Waals surface area contributed by atoms with E-state index in [0.29, 0.717) is 29.9 Å². The van der Waals surface area contributed by atoms with Crippen molar-refractivity contribution in [3.05, 3.63) is 65.9 Å². The number of anilines is 1. The van der Waals surface area contributed by atoms with Crippen molar-refractivity contribution in [1.82, 2.24) is 15.6 Å². The van der Waals surface area contributed by atoms with E-state index in [1.807, 2.05) is 30.4 Å². The number of allylic oxidation sites excluding steroid dienone is 3. The third-order valence-corrected chi connectivity index (χ3v) is 4.89. The summed E-state index contributed by atoms with van der Waals surface area (Å²) in [6.45, 7) is 3.18. The van der Waals surface area contributed by atoms with Gasteiger partial charge in [0, 0.05) is 18.4 Å². The Morgan fingerprint density at radius 2 is 2.27 bits per heavy atom. The Kier molecular flexibility index (Phi) is 5.64. The largest absolute Gasteiger partial charge is 0.401 e. The summed E-state index contributed by atoms with van der Waals surface area (Å²) in [5.74, 6) is 6.61. The zero-order valence-electron chi connectivity index (χ0n) is 16.6. The van der Waals surface area contributed by atoms with Crippen LogP contribution in [0.5, 0.6) is 0 Å². The molecule has 8 nitrogen and oxygen atoms in total. The molecule has 0 saturated heterocycles. The first-order valence-electron chi connectivity index (χ1n) is 9.66. The van der Waals surface area contributed by atoms with Crippen molar-refractivity contribution >= 4 is 28.6 Å². The molecule has 0 saturated carbocycles. The summed E-state index contributed by atoms with van der Waals surface area (Å²) < 4.78 is 18.6. The lowest BCUT2D eigenvalue weighted by Gasteiger charge is -2.33. The first-order valence-corrected chi connectivity index (χ1v) is 9.66. The van der Waals surface area contributed by atoms with Crippen molar-refractivity contribution in [3.63, 3.8) is 0 Å². The fraction of sp³-hybridized carbons (Fsp3) is 0.238. The van der Waals surface area contributed by atoms with E-state index in [0.717, 1.165) is 23.3 Å². The highest BCUT2D eigenvalue weighted by molar-refractivity contribution is 6.00. The van der Waals surface area contributed by atoms with E-state index in [1.165, 1.54) is 11.1 Å². The second-order valence-corrected chi connectivity index (χ2v) is 7.18. The van der Waals surface area contributed by atoms with Gasteiger partial charge < -0.3 is 15.7 Å². The Morgan fingerprint density at radius 1 is 1.40 bits per heavy atom. The second-order valence-electron chi connectivity index (χ2n) is 7.18. The van der Waals surface area contributed by atoms with Gasteiger partial charge >= 0.3 is 0 Å². The molecule has 2 aromatic rings. The van der Waals surface area contributed by atoms with E-state index in [-0.39, 0.29) is 11.9 Å². The molecule has 0 bridgehead atoms. The zero-order chi connectivity index (χ0) is 21.1. The third-order valence-electron chi connectivity index (χ3n) is 4.89. The van der Waals surface area contributed by atoms with Gasteiger partial charge in [-0.3, -0.25) is 10.0 Å². The van der Waals surface area contributed by atoms with Crippen molar-refractivity contribution in [2.45, 2.75) is 19.4 Å². The monoisotopic (exact) mass is 409 g/mol. The summed E-state index contributed by atoms with van der Waals surface area (Å²) in [7, 11) is 0. The van der Waals surface area contributed by atoms with Gasteiger partial charge in [0.1, 0.15) is 17.3 Å². The number of hydrogen-bond donors (Lipinski definition) is 3. The van der Waals surface area contributed by atoms with Crippen molar-refractivity contribution in [2.24, 2.45) is 16.6 Å². The van der Waals surface area contributed by atoms with Crippen LogP contribution < -0.4 is 22.0 Å². The molecule has 1 unspecified atom stereocenters. The smallest absolute Gasteiger partial charge is 0.192 e. The summed E-state index contributed by atoms with van der Waals surface area (Å²) in [5.41, 5.74) is 11.7. The van der Waals surface area contributed by atoms with E-state index in [2.05, 4.69) is 20.6 Å². The Bertz CT molecular complexity index is 1080. The Balaban J connectivity index is 1.52. The van der Waals surface area contributed by atoms with Crippen LogP contribution in [-0.4, -0.2) is 35.1 Å². The van der Waals surface area contributed by atoms with E-state index >= 15 is 0 Å². The Morgan fingerprint density at radius 3 is 3.03 bits per heavy atom. The van der Waals surface area contributed by atoms with Crippen LogP contribution in [0.1, 0.15) is 18.9 Å². The molecule has 0 fully saturated rings. The third kappa shape index (κ3) is 4.27. The predicted octanol–water partition coefficient (Wildman–Crippen LogP) is 2.74. The minimum Gasteiger partial charge on any atom is -0.401 e. The number of aromatic nitrogens is 1. The second kappa shape index (κ2) is 8.52. The highest BCUT2D eigenvalue weighted by atomic mass is 19.1. The molecule has 1 aliphatic heterocycles. The lowest BCUT2D eigenvalue weighted by molar-refractivity contribution is 0.188. The van der Waals surface area contributed by atoms with Crippen LogP contribution in [0.2, 0.25) is 0 Å². The van der Waals surface area contributed by atoms with Crippen molar-refractivity contribution < 1.29 is 8.91 Å². The number of rotatable bonds is 5. The van der Waals surface area contributed by atoms with Gasteiger partial charge in [-0.15, -0.1) is 0 Å². The van der Waals surface area contributed by atoms with Gasteiger partial charge in [-0.1, -0.05) is 23.4 Å². The highest BCUT2D eigenvalue weighted by Gasteiger charge is 2.20. The Hall–Kier alpha value is -3.43. The number of hydrogen-bond acceptors (Lipinski definition) is 8. The van der Waals surface area contributed by atoms with Gasteiger partial charge in [0.05, 0.1) is 24.2 Å². The van der Waals surface area contributed by atoms with E-state index in [1.54, 1.807) is 25.4 Å². The molecule has 1 aliphatic carbocycles. The molecular weight excluding hydrogens is 385 g/mol. The molecule has 4 rings (SSSR count). The standard InChI is InChI=1S/C21H24FN7O/c1-14(23)13-28(24)19-8-2-15(18-12-26-30-21(18)19)3-9-20-25-10-11-29(27-20)17-6-4-16(22)5-7-17/h2-6,8-9,12-13,17H,7,10-11,23-24H2,1H3,(H,25,27)/b9-3+,14-13-. The summed E-state index contributed by atoms with van der Waals surface area (Å²) in [5, 5.41) is 8.22. The van der Waals surface area contributed by atoms with Crippen molar-refractivity contribution in [1.29, 1.82) is 0 Å². The normalized spacial score (nSPS) is 20.4. The summed E-state index contributed by atoms with van der Waals surface area (Å²) in [4.78, 5) is 4.53. The fourth-order valence-corrected chi connectivity index (χ4v) is 3.44. The van der Waals surface area contributed by atoms with Gasteiger partial charge in [-0.05, 0) is 43.2 Å². The molecule has 156 valence electrons. The molecule has 1 aromatic heterocycles. The van der Waals surface area contributed by atoms with Crippen LogP contribution in [0.25, 0.3) is 17.0 Å². The SMILES string of the molecule is C/C(N)=C/N(N)c1ccc(/C=C/C2=NCCN(C3C=CC(F)=CC3)N2)c2cnoc12.